The van der Waals surface area contributed by atoms with Crippen LogP contribution in [0.2, 0.25) is 0 Å². The van der Waals surface area contributed by atoms with Crippen LogP contribution >= 0.6 is 12.4 Å². The molecule has 122 valence electrons. The molecule has 0 amide bonds. The lowest BCUT2D eigenvalue weighted by Gasteiger charge is -2.15. The molecule has 2 aromatic rings. The summed E-state index contributed by atoms with van der Waals surface area (Å²) in [5.74, 6) is -0.305. The maximum atomic E-state index is 11.4. The van der Waals surface area contributed by atoms with Crippen LogP contribution in [0.25, 0.3) is 17.2 Å². The summed E-state index contributed by atoms with van der Waals surface area (Å²) in [5, 5.41) is 0. The number of rotatable bonds is 5. The van der Waals surface area contributed by atoms with Crippen LogP contribution in [-0.2, 0) is 9.53 Å². The minimum absolute atomic E-state index is 0. The number of aryl methyl sites for hydroxylation is 1. The van der Waals surface area contributed by atoms with Crippen LogP contribution < -0.4 is 5.73 Å². The predicted octanol–water partition coefficient (Wildman–Crippen LogP) is 4.29. The van der Waals surface area contributed by atoms with E-state index in [1.54, 1.807) is 0 Å². The molecule has 0 radical (unpaired) electrons. The number of nitrogens with two attached hydrogens (primary N) is 1. The van der Waals surface area contributed by atoms with E-state index < -0.39 is 0 Å². The highest BCUT2D eigenvalue weighted by Crippen LogP contribution is 2.30. The number of methoxy groups -OCH3 is 1. The molecule has 0 fully saturated rings. The molecule has 0 saturated heterocycles. The Labute approximate surface area is 143 Å². The SMILES string of the molecule is C=Cc1cccc(C)c1-c1cccc([C@@H](N)CC(=O)OC)c1.Cl. The van der Waals surface area contributed by atoms with Crippen molar-refractivity contribution in [3.8, 4) is 11.1 Å². The van der Waals surface area contributed by atoms with Crippen molar-refractivity contribution in [2.45, 2.75) is 19.4 Å². The number of esters is 1. The molecule has 0 saturated carbocycles. The number of ether oxygens (including phenoxy) is 1. The van der Waals surface area contributed by atoms with Crippen LogP contribution in [0.3, 0.4) is 0 Å². The Hall–Kier alpha value is -2.10. The monoisotopic (exact) mass is 331 g/mol. The van der Waals surface area contributed by atoms with Crippen LogP contribution in [0.1, 0.15) is 29.2 Å². The number of halogens is 1. The van der Waals surface area contributed by atoms with Crippen molar-refractivity contribution in [3.05, 3.63) is 65.7 Å². The topological polar surface area (TPSA) is 52.3 Å². The molecule has 0 unspecified atom stereocenters. The fourth-order valence-electron chi connectivity index (χ4n) is 2.56. The van der Waals surface area contributed by atoms with Crippen LogP contribution in [0.5, 0.6) is 0 Å². The zero-order valence-corrected chi connectivity index (χ0v) is 14.2. The van der Waals surface area contributed by atoms with E-state index in [4.69, 9.17) is 5.73 Å². The Morgan fingerprint density at radius 3 is 2.65 bits per heavy atom. The quantitative estimate of drug-likeness (QED) is 0.831. The third kappa shape index (κ3) is 4.44. The smallest absolute Gasteiger partial charge is 0.307 e. The minimum atomic E-state index is -0.372. The molecule has 2 N–H and O–H groups in total. The summed E-state index contributed by atoms with van der Waals surface area (Å²) >= 11 is 0. The van der Waals surface area contributed by atoms with E-state index in [0.29, 0.717) is 0 Å². The third-order valence-electron chi connectivity index (χ3n) is 3.74. The van der Waals surface area contributed by atoms with Crippen molar-refractivity contribution in [3.63, 3.8) is 0 Å². The Bertz CT molecular complexity index is 698. The summed E-state index contributed by atoms with van der Waals surface area (Å²) in [7, 11) is 1.37. The van der Waals surface area contributed by atoms with Gasteiger partial charge in [-0.25, -0.2) is 0 Å². The standard InChI is InChI=1S/C19H21NO2.ClH/c1-4-14-8-5-7-13(2)19(14)16-10-6-9-15(11-16)17(20)12-18(21)22-3;/h4-11,17H,1,12,20H2,2-3H3;1H/t17-;/m0./s1. The number of carbonyl (C=O) groups excluding carboxylic acids is 1. The summed E-state index contributed by atoms with van der Waals surface area (Å²) in [5.41, 5.74) is 11.5. The number of benzene rings is 2. The van der Waals surface area contributed by atoms with E-state index in [-0.39, 0.29) is 30.8 Å². The van der Waals surface area contributed by atoms with Gasteiger partial charge in [-0.2, -0.15) is 0 Å². The van der Waals surface area contributed by atoms with Crippen molar-refractivity contribution in [1.82, 2.24) is 0 Å². The maximum absolute atomic E-state index is 11.4. The summed E-state index contributed by atoms with van der Waals surface area (Å²) in [6.07, 6.45) is 2.02. The summed E-state index contributed by atoms with van der Waals surface area (Å²) < 4.78 is 4.68. The number of carbonyl (C=O) groups is 1. The van der Waals surface area contributed by atoms with E-state index in [0.717, 1.165) is 22.3 Å². The number of hydrogen-bond acceptors (Lipinski definition) is 3. The molecule has 3 nitrogen and oxygen atoms in total. The molecule has 0 aromatic heterocycles. The molecule has 1 atom stereocenters. The molecular formula is C19H22ClNO2. The zero-order valence-electron chi connectivity index (χ0n) is 13.4. The first kappa shape index (κ1) is 18.9. The number of hydrogen-bond donors (Lipinski definition) is 1. The lowest BCUT2D eigenvalue weighted by atomic mass is 9.92. The van der Waals surface area contributed by atoms with E-state index >= 15 is 0 Å². The Balaban J connectivity index is 0.00000264. The molecular weight excluding hydrogens is 310 g/mol. The summed E-state index contributed by atoms with van der Waals surface area (Å²) in [4.78, 5) is 11.4. The third-order valence-corrected chi connectivity index (χ3v) is 3.74. The van der Waals surface area contributed by atoms with Crippen molar-refractivity contribution < 1.29 is 9.53 Å². The van der Waals surface area contributed by atoms with Gasteiger partial charge < -0.3 is 10.5 Å². The zero-order chi connectivity index (χ0) is 16.1. The first-order valence-electron chi connectivity index (χ1n) is 7.21. The van der Waals surface area contributed by atoms with Gasteiger partial charge in [0.1, 0.15) is 0 Å². The van der Waals surface area contributed by atoms with Crippen molar-refractivity contribution in [2.24, 2.45) is 5.73 Å². The second-order valence-corrected chi connectivity index (χ2v) is 5.26. The van der Waals surface area contributed by atoms with E-state index in [2.05, 4.69) is 24.3 Å². The molecule has 2 rings (SSSR count). The van der Waals surface area contributed by atoms with Gasteiger partial charge in [0.25, 0.3) is 0 Å². The predicted molar refractivity (Wildman–Crippen MR) is 97.5 cm³/mol. The largest absolute Gasteiger partial charge is 0.469 e. The average Bonchev–Trinajstić information content (AvgIpc) is 2.54. The highest BCUT2D eigenvalue weighted by Gasteiger charge is 2.13. The maximum Gasteiger partial charge on any atom is 0.307 e. The summed E-state index contributed by atoms with van der Waals surface area (Å²) in [6, 6.07) is 13.7. The normalized spacial score (nSPS) is 11.3. The molecule has 4 heteroatoms. The lowest BCUT2D eigenvalue weighted by molar-refractivity contribution is -0.141. The van der Waals surface area contributed by atoms with Crippen molar-refractivity contribution >= 4 is 24.5 Å². The van der Waals surface area contributed by atoms with E-state index in [9.17, 15) is 4.79 Å². The van der Waals surface area contributed by atoms with Crippen molar-refractivity contribution in [2.75, 3.05) is 7.11 Å². The average molecular weight is 332 g/mol. The van der Waals surface area contributed by atoms with E-state index in [1.807, 2.05) is 42.5 Å². The fraction of sp³-hybridized carbons (Fsp3) is 0.211. The second-order valence-electron chi connectivity index (χ2n) is 5.26. The first-order chi connectivity index (χ1) is 10.6. The molecule has 0 heterocycles. The van der Waals surface area contributed by atoms with Crippen molar-refractivity contribution in [1.29, 1.82) is 0 Å². The Kier molecular flexibility index (Phi) is 7.01. The van der Waals surface area contributed by atoms with Gasteiger partial charge in [0.2, 0.25) is 0 Å². The van der Waals surface area contributed by atoms with Crippen LogP contribution in [0.4, 0.5) is 0 Å². The molecule has 2 aromatic carbocycles. The minimum Gasteiger partial charge on any atom is -0.469 e. The van der Waals surface area contributed by atoms with Crippen LogP contribution in [0, 0.1) is 6.92 Å². The second kappa shape index (κ2) is 8.51. The lowest BCUT2D eigenvalue weighted by Crippen LogP contribution is -2.16. The molecule has 0 aliphatic rings. The molecule has 0 aliphatic heterocycles. The van der Waals surface area contributed by atoms with Gasteiger partial charge in [-0.15, -0.1) is 12.4 Å². The Morgan fingerprint density at radius 2 is 2.00 bits per heavy atom. The first-order valence-corrected chi connectivity index (χ1v) is 7.21. The molecule has 0 spiro atoms. The highest BCUT2D eigenvalue weighted by atomic mass is 35.5. The van der Waals surface area contributed by atoms with Gasteiger partial charge in [-0.3, -0.25) is 4.79 Å². The van der Waals surface area contributed by atoms with Gasteiger partial charge in [0.15, 0.2) is 0 Å². The molecule has 23 heavy (non-hydrogen) atoms. The van der Waals surface area contributed by atoms with Gasteiger partial charge >= 0.3 is 5.97 Å². The Morgan fingerprint density at radius 1 is 1.30 bits per heavy atom. The van der Waals surface area contributed by atoms with Gasteiger partial charge in [0, 0.05) is 6.04 Å². The molecule has 0 aliphatic carbocycles. The summed E-state index contributed by atoms with van der Waals surface area (Å²) in [6.45, 7) is 5.95. The van der Waals surface area contributed by atoms with Crippen LogP contribution in [0.15, 0.2) is 49.0 Å². The highest BCUT2D eigenvalue weighted by molar-refractivity contribution is 5.85. The fourth-order valence-corrected chi connectivity index (χ4v) is 2.56. The van der Waals surface area contributed by atoms with Crippen LogP contribution in [-0.4, -0.2) is 13.1 Å². The van der Waals surface area contributed by atoms with Gasteiger partial charge in [-0.1, -0.05) is 49.1 Å². The van der Waals surface area contributed by atoms with Gasteiger partial charge in [0.05, 0.1) is 13.5 Å². The van der Waals surface area contributed by atoms with Gasteiger partial charge in [-0.05, 0) is 40.8 Å². The molecule has 0 bridgehead atoms. The van der Waals surface area contributed by atoms with E-state index in [1.165, 1.54) is 12.7 Å².